The maximum Gasteiger partial charge on any atom is 0.390 e. The summed E-state index contributed by atoms with van der Waals surface area (Å²) in [5.74, 6) is 0.552. The van der Waals surface area contributed by atoms with Crippen LogP contribution in [0.1, 0.15) is 25.8 Å². The number of anilines is 1. The normalized spacial score (nSPS) is 12.0. The summed E-state index contributed by atoms with van der Waals surface area (Å²) in [6, 6.07) is 5.37. The predicted molar refractivity (Wildman–Crippen MR) is 81.9 cm³/mol. The highest BCUT2D eigenvalue weighted by Crippen LogP contribution is 2.25. The smallest absolute Gasteiger partial charge is 0.374 e. The number of nitrogens with zero attached hydrogens (tertiary/aromatic N) is 1. The molecule has 0 saturated carbocycles. The van der Waals surface area contributed by atoms with Crippen LogP contribution >= 0.6 is 11.6 Å². The Morgan fingerprint density at radius 1 is 1.29 bits per heavy atom. The number of rotatable bonds is 7. The van der Waals surface area contributed by atoms with Crippen LogP contribution in [-0.2, 0) is 6.54 Å². The first-order valence-corrected chi connectivity index (χ1v) is 7.34. The molecule has 0 aliphatic rings. The molecule has 1 aromatic rings. The second kappa shape index (κ2) is 7.90. The van der Waals surface area contributed by atoms with E-state index < -0.39 is 12.6 Å². The Morgan fingerprint density at radius 3 is 2.48 bits per heavy atom. The van der Waals surface area contributed by atoms with E-state index in [4.69, 9.17) is 11.6 Å². The summed E-state index contributed by atoms with van der Waals surface area (Å²) in [4.78, 5) is 1.56. The fourth-order valence-electron chi connectivity index (χ4n) is 1.84. The van der Waals surface area contributed by atoms with Crippen molar-refractivity contribution in [1.29, 1.82) is 0 Å². The molecule has 0 fully saturated rings. The Labute approximate surface area is 129 Å². The van der Waals surface area contributed by atoms with Crippen molar-refractivity contribution in [2.75, 3.05) is 25.0 Å². The highest BCUT2D eigenvalue weighted by molar-refractivity contribution is 6.31. The van der Waals surface area contributed by atoms with Crippen molar-refractivity contribution in [2.24, 2.45) is 5.92 Å². The van der Waals surface area contributed by atoms with Gasteiger partial charge in [0.25, 0.3) is 0 Å². The molecule has 0 spiro atoms. The third-order valence-electron chi connectivity index (χ3n) is 3.08. The monoisotopic (exact) mass is 322 g/mol. The molecule has 0 heterocycles. The van der Waals surface area contributed by atoms with Crippen LogP contribution in [0, 0.1) is 5.92 Å². The minimum Gasteiger partial charge on any atom is -0.374 e. The van der Waals surface area contributed by atoms with Crippen molar-refractivity contribution in [3.63, 3.8) is 0 Å². The molecule has 2 nitrogen and oxygen atoms in total. The molecule has 6 heteroatoms. The van der Waals surface area contributed by atoms with Crippen molar-refractivity contribution < 1.29 is 13.2 Å². The molecular formula is C15H22ClF3N2. The van der Waals surface area contributed by atoms with Crippen molar-refractivity contribution in [1.82, 2.24) is 5.32 Å². The molecular weight excluding hydrogens is 301 g/mol. The number of alkyl halides is 3. The topological polar surface area (TPSA) is 15.3 Å². The third-order valence-corrected chi connectivity index (χ3v) is 3.43. The van der Waals surface area contributed by atoms with E-state index in [1.54, 1.807) is 24.1 Å². The van der Waals surface area contributed by atoms with Crippen LogP contribution in [0.3, 0.4) is 0 Å². The molecule has 0 bridgehead atoms. The molecule has 0 aliphatic carbocycles. The largest absolute Gasteiger partial charge is 0.390 e. The fourth-order valence-corrected chi connectivity index (χ4v) is 2.08. The Balaban J connectivity index is 2.60. The van der Waals surface area contributed by atoms with Gasteiger partial charge in [-0.15, -0.1) is 0 Å². The minimum absolute atomic E-state index is 0.0786. The van der Waals surface area contributed by atoms with Crippen LogP contribution in [0.4, 0.5) is 18.9 Å². The van der Waals surface area contributed by atoms with Crippen LogP contribution in [0.2, 0.25) is 5.02 Å². The second-order valence-corrected chi connectivity index (χ2v) is 5.99. The van der Waals surface area contributed by atoms with Gasteiger partial charge >= 0.3 is 6.18 Å². The molecule has 0 aromatic heterocycles. The Kier molecular flexibility index (Phi) is 6.81. The van der Waals surface area contributed by atoms with Gasteiger partial charge < -0.3 is 10.2 Å². The Morgan fingerprint density at radius 2 is 1.95 bits per heavy atom. The lowest BCUT2D eigenvalue weighted by Crippen LogP contribution is -2.24. The van der Waals surface area contributed by atoms with Gasteiger partial charge in [-0.1, -0.05) is 31.5 Å². The molecule has 0 atom stereocenters. The zero-order valence-corrected chi connectivity index (χ0v) is 13.4. The van der Waals surface area contributed by atoms with Crippen LogP contribution in [0.5, 0.6) is 0 Å². The summed E-state index contributed by atoms with van der Waals surface area (Å²) in [6.07, 6.45) is -4.97. The SMILES string of the molecule is CC(C)CNCc1ccc(N(C)CCC(F)(F)F)cc1Cl. The quantitative estimate of drug-likeness (QED) is 0.796. The number of nitrogens with one attached hydrogen (secondary N) is 1. The first-order chi connectivity index (χ1) is 9.69. The summed E-state index contributed by atoms with van der Waals surface area (Å²) in [7, 11) is 1.63. The van der Waals surface area contributed by atoms with Crippen molar-refractivity contribution in [2.45, 2.75) is 33.0 Å². The standard InChI is InChI=1S/C15H22ClF3N2/c1-11(2)9-20-10-12-4-5-13(8-14(12)16)21(3)7-6-15(17,18)19/h4-5,8,11,20H,6-7,9-10H2,1-3H3. The van der Waals surface area contributed by atoms with Gasteiger partial charge in [0, 0.05) is 30.8 Å². The predicted octanol–water partition coefficient (Wildman–Crippen LogP) is 4.47. The minimum atomic E-state index is -4.14. The summed E-state index contributed by atoms with van der Waals surface area (Å²) in [5.41, 5.74) is 1.64. The first-order valence-electron chi connectivity index (χ1n) is 6.96. The number of halogens is 4. The maximum absolute atomic E-state index is 12.2. The van der Waals surface area contributed by atoms with E-state index in [0.717, 1.165) is 12.1 Å². The Bertz CT molecular complexity index is 447. The molecule has 1 aromatic carbocycles. The zero-order chi connectivity index (χ0) is 16.0. The molecule has 0 amide bonds. The van der Waals surface area contributed by atoms with E-state index in [9.17, 15) is 13.2 Å². The van der Waals surface area contributed by atoms with Gasteiger partial charge in [0.15, 0.2) is 0 Å². The lowest BCUT2D eigenvalue weighted by Gasteiger charge is -2.21. The van der Waals surface area contributed by atoms with Gasteiger partial charge in [0.2, 0.25) is 0 Å². The van der Waals surface area contributed by atoms with Crippen LogP contribution in [-0.4, -0.2) is 26.3 Å². The van der Waals surface area contributed by atoms with Crippen molar-refractivity contribution in [3.8, 4) is 0 Å². The molecule has 1 rings (SSSR count). The number of hydrogen-bond donors (Lipinski definition) is 1. The lowest BCUT2D eigenvalue weighted by molar-refractivity contribution is -0.132. The average molecular weight is 323 g/mol. The van der Waals surface area contributed by atoms with Crippen molar-refractivity contribution >= 4 is 17.3 Å². The molecule has 0 unspecified atom stereocenters. The van der Waals surface area contributed by atoms with E-state index in [-0.39, 0.29) is 6.54 Å². The molecule has 0 aliphatic heterocycles. The highest BCUT2D eigenvalue weighted by Gasteiger charge is 2.27. The summed E-state index contributed by atoms with van der Waals surface area (Å²) in [6.45, 7) is 5.71. The molecule has 21 heavy (non-hydrogen) atoms. The second-order valence-electron chi connectivity index (χ2n) is 5.59. The summed E-state index contributed by atoms with van der Waals surface area (Å²) < 4.78 is 36.7. The first kappa shape index (κ1) is 18.1. The number of hydrogen-bond acceptors (Lipinski definition) is 2. The van der Waals surface area contributed by atoms with Gasteiger partial charge in [0.1, 0.15) is 0 Å². The summed E-state index contributed by atoms with van der Waals surface area (Å²) >= 11 is 6.19. The number of benzene rings is 1. The van der Waals surface area contributed by atoms with E-state index in [2.05, 4.69) is 19.2 Å². The molecule has 120 valence electrons. The summed E-state index contributed by atoms with van der Waals surface area (Å²) in [5, 5.41) is 3.86. The zero-order valence-electron chi connectivity index (χ0n) is 12.6. The van der Waals surface area contributed by atoms with E-state index in [1.807, 2.05) is 6.07 Å². The lowest BCUT2D eigenvalue weighted by atomic mass is 10.1. The third kappa shape index (κ3) is 7.05. The average Bonchev–Trinajstić information content (AvgIpc) is 2.36. The Hall–Kier alpha value is -0.940. The fraction of sp³-hybridized carbons (Fsp3) is 0.600. The van der Waals surface area contributed by atoms with Gasteiger partial charge in [-0.2, -0.15) is 13.2 Å². The van der Waals surface area contributed by atoms with Crippen molar-refractivity contribution in [3.05, 3.63) is 28.8 Å². The van der Waals surface area contributed by atoms with Crippen LogP contribution < -0.4 is 10.2 Å². The van der Waals surface area contributed by atoms with Gasteiger partial charge in [0.05, 0.1) is 6.42 Å². The van der Waals surface area contributed by atoms with Crippen LogP contribution in [0.15, 0.2) is 18.2 Å². The van der Waals surface area contributed by atoms with Crippen LogP contribution in [0.25, 0.3) is 0 Å². The molecule has 0 saturated heterocycles. The van der Waals surface area contributed by atoms with Gasteiger partial charge in [-0.25, -0.2) is 0 Å². The molecule has 1 N–H and O–H groups in total. The van der Waals surface area contributed by atoms with E-state index >= 15 is 0 Å². The molecule has 0 radical (unpaired) electrons. The highest BCUT2D eigenvalue weighted by atomic mass is 35.5. The van der Waals surface area contributed by atoms with E-state index in [1.165, 1.54) is 0 Å². The van der Waals surface area contributed by atoms with Gasteiger partial charge in [-0.3, -0.25) is 0 Å². The van der Waals surface area contributed by atoms with Gasteiger partial charge in [-0.05, 0) is 30.2 Å². The maximum atomic E-state index is 12.2. The van der Waals surface area contributed by atoms with E-state index in [0.29, 0.717) is 23.2 Å².